The number of aromatic nitrogens is 4. The normalized spacial score (nSPS) is 11.2. The Morgan fingerprint density at radius 2 is 1.93 bits per heavy atom. The molecule has 3 aromatic heterocycles. The molecule has 0 aromatic carbocycles. The highest BCUT2D eigenvalue weighted by atomic mass is 16.6. The van der Waals surface area contributed by atoms with Gasteiger partial charge < -0.3 is 15.0 Å². The smallest absolute Gasteiger partial charge is 0.410 e. The molecule has 8 nitrogen and oxygen atoms in total. The molecular formula is C20H26N6O2. The third kappa shape index (κ3) is 4.57. The van der Waals surface area contributed by atoms with Crippen LogP contribution in [0.5, 0.6) is 0 Å². The van der Waals surface area contributed by atoms with Crippen LogP contribution in [0.4, 0.5) is 10.6 Å². The first kappa shape index (κ1) is 19.6. The first-order chi connectivity index (χ1) is 13.5. The molecule has 0 atom stereocenters. The molecule has 1 N–H and O–H groups in total. The highest BCUT2D eigenvalue weighted by molar-refractivity contribution is 5.68. The number of carbonyl (C=O) groups is 1. The predicted molar refractivity (Wildman–Crippen MR) is 108 cm³/mol. The van der Waals surface area contributed by atoms with Gasteiger partial charge in [0.25, 0.3) is 0 Å². The van der Waals surface area contributed by atoms with Crippen LogP contribution in [0, 0.1) is 0 Å². The molecule has 0 saturated heterocycles. The molecule has 28 heavy (non-hydrogen) atoms. The maximum absolute atomic E-state index is 12.2. The quantitative estimate of drug-likeness (QED) is 0.674. The fraction of sp³-hybridized carbons (Fsp3) is 0.400. The Labute approximate surface area is 164 Å². The summed E-state index contributed by atoms with van der Waals surface area (Å²) in [6.07, 6.45) is 4.84. The zero-order valence-electron chi connectivity index (χ0n) is 16.7. The Hall–Kier alpha value is -3.16. The first-order valence-electron chi connectivity index (χ1n) is 9.42. The number of rotatable bonds is 7. The van der Waals surface area contributed by atoms with E-state index in [-0.39, 0.29) is 18.2 Å². The van der Waals surface area contributed by atoms with Crippen molar-refractivity contribution in [2.75, 3.05) is 18.4 Å². The number of pyridine rings is 1. The van der Waals surface area contributed by atoms with E-state index < -0.39 is 0 Å². The lowest BCUT2D eigenvalue weighted by molar-refractivity contribution is 0.0693. The monoisotopic (exact) mass is 382 g/mol. The molecule has 148 valence electrons. The van der Waals surface area contributed by atoms with Crippen LogP contribution in [0.2, 0.25) is 0 Å². The average Bonchev–Trinajstić information content (AvgIpc) is 3.08. The Morgan fingerprint density at radius 3 is 2.61 bits per heavy atom. The van der Waals surface area contributed by atoms with Gasteiger partial charge in [0.2, 0.25) is 0 Å². The molecule has 3 heterocycles. The number of amides is 1. The minimum absolute atomic E-state index is 0.0513. The number of anilines is 1. The van der Waals surface area contributed by atoms with Gasteiger partial charge in [0.1, 0.15) is 5.82 Å². The topological polar surface area (TPSA) is 84.6 Å². The second-order valence-electron chi connectivity index (χ2n) is 7.01. The summed E-state index contributed by atoms with van der Waals surface area (Å²) in [6, 6.07) is 7.69. The number of fused-ring (bicyclic) bond motifs is 1. The standard InChI is InChI=1S/C20H26N6O2/c1-14(2)25(20(27)28-15(3)4)12-11-22-18-5-6-19-23-13-17(26(19)24-18)16-7-9-21-10-8-16/h5-10,13-15H,11-12H2,1-4H3,(H,22,24). The molecule has 0 spiro atoms. The number of nitrogens with zero attached hydrogens (tertiary/aromatic N) is 5. The van der Waals surface area contributed by atoms with Crippen molar-refractivity contribution in [2.45, 2.75) is 39.8 Å². The number of carbonyl (C=O) groups excluding carboxylic acids is 1. The van der Waals surface area contributed by atoms with Crippen molar-refractivity contribution in [3.63, 3.8) is 0 Å². The van der Waals surface area contributed by atoms with Crippen molar-refractivity contribution in [3.05, 3.63) is 42.9 Å². The molecule has 0 radical (unpaired) electrons. The van der Waals surface area contributed by atoms with Crippen molar-refractivity contribution >= 4 is 17.6 Å². The summed E-state index contributed by atoms with van der Waals surface area (Å²) in [7, 11) is 0. The summed E-state index contributed by atoms with van der Waals surface area (Å²) >= 11 is 0. The molecule has 1 amide bonds. The number of imidazole rings is 1. The fourth-order valence-electron chi connectivity index (χ4n) is 2.82. The Balaban J connectivity index is 1.70. The summed E-state index contributed by atoms with van der Waals surface area (Å²) in [5.74, 6) is 0.710. The highest BCUT2D eigenvalue weighted by Gasteiger charge is 2.19. The van der Waals surface area contributed by atoms with E-state index in [0.717, 1.165) is 16.9 Å². The maximum Gasteiger partial charge on any atom is 0.410 e. The van der Waals surface area contributed by atoms with E-state index in [0.29, 0.717) is 18.9 Å². The lowest BCUT2D eigenvalue weighted by Gasteiger charge is -2.27. The SMILES string of the molecule is CC(C)OC(=O)N(CCNc1ccc2ncc(-c3ccncc3)n2n1)C(C)C. The summed E-state index contributed by atoms with van der Waals surface area (Å²) < 4.78 is 7.11. The molecule has 8 heteroatoms. The van der Waals surface area contributed by atoms with Crippen LogP contribution >= 0.6 is 0 Å². The second-order valence-corrected chi connectivity index (χ2v) is 7.01. The van der Waals surface area contributed by atoms with Crippen LogP contribution in [0.25, 0.3) is 16.9 Å². The molecule has 0 aliphatic heterocycles. The lowest BCUT2D eigenvalue weighted by atomic mass is 10.2. The fourth-order valence-corrected chi connectivity index (χ4v) is 2.82. The first-order valence-corrected chi connectivity index (χ1v) is 9.42. The van der Waals surface area contributed by atoms with Gasteiger partial charge in [-0.25, -0.2) is 14.3 Å². The molecule has 3 aromatic rings. The van der Waals surface area contributed by atoms with Crippen molar-refractivity contribution in [1.82, 2.24) is 24.5 Å². The van der Waals surface area contributed by atoms with Crippen LogP contribution in [0.15, 0.2) is 42.9 Å². The molecule has 3 rings (SSSR count). The minimum Gasteiger partial charge on any atom is -0.447 e. The molecule has 0 bridgehead atoms. The van der Waals surface area contributed by atoms with Crippen molar-refractivity contribution in [1.29, 1.82) is 0 Å². The zero-order chi connectivity index (χ0) is 20.1. The number of hydrogen-bond acceptors (Lipinski definition) is 6. The van der Waals surface area contributed by atoms with Crippen LogP contribution in [-0.2, 0) is 4.74 Å². The minimum atomic E-state index is -0.301. The van der Waals surface area contributed by atoms with Gasteiger partial charge in [0, 0.05) is 37.1 Å². The number of nitrogens with one attached hydrogen (secondary N) is 1. The van der Waals surface area contributed by atoms with E-state index in [9.17, 15) is 4.79 Å². The summed E-state index contributed by atoms with van der Waals surface area (Å²) in [5, 5.41) is 7.91. The van der Waals surface area contributed by atoms with Gasteiger partial charge in [0.05, 0.1) is 18.0 Å². The Kier molecular flexibility index (Phi) is 6.08. The van der Waals surface area contributed by atoms with E-state index in [1.807, 2.05) is 52.0 Å². The van der Waals surface area contributed by atoms with E-state index in [4.69, 9.17) is 4.74 Å². The maximum atomic E-state index is 12.2. The van der Waals surface area contributed by atoms with Crippen molar-refractivity contribution in [3.8, 4) is 11.3 Å². The molecule has 0 aliphatic rings. The molecule has 0 saturated carbocycles. The van der Waals surface area contributed by atoms with Gasteiger partial charge >= 0.3 is 6.09 Å². The Morgan fingerprint density at radius 1 is 1.18 bits per heavy atom. The van der Waals surface area contributed by atoms with Crippen LogP contribution in [-0.4, -0.2) is 55.8 Å². The van der Waals surface area contributed by atoms with Gasteiger partial charge in [-0.15, -0.1) is 5.10 Å². The van der Waals surface area contributed by atoms with Gasteiger partial charge in [-0.3, -0.25) is 4.98 Å². The summed E-state index contributed by atoms with van der Waals surface area (Å²) in [4.78, 5) is 22.4. The molecule has 0 fully saturated rings. The third-order valence-electron chi connectivity index (χ3n) is 4.19. The van der Waals surface area contributed by atoms with E-state index >= 15 is 0 Å². The summed E-state index contributed by atoms with van der Waals surface area (Å²) in [5.41, 5.74) is 2.65. The highest BCUT2D eigenvalue weighted by Crippen LogP contribution is 2.19. The van der Waals surface area contributed by atoms with E-state index in [1.165, 1.54) is 0 Å². The Bertz CT molecular complexity index is 923. The molecule has 0 unspecified atom stereocenters. The van der Waals surface area contributed by atoms with E-state index in [2.05, 4.69) is 20.4 Å². The van der Waals surface area contributed by atoms with E-state index in [1.54, 1.807) is 28.0 Å². The average molecular weight is 382 g/mol. The van der Waals surface area contributed by atoms with Gasteiger partial charge in [-0.1, -0.05) is 0 Å². The van der Waals surface area contributed by atoms with Gasteiger partial charge in [-0.2, -0.15) is 0 Å². The number of hydrogen-bond donors (Lipinski definition) is 1. The third-order valence-corrected chi connectivity index (χ3v) is 4.19. The van der Waals surface area contributed by atoms with Crippen LogP contribution < -0.4 is 5.32 Å². The van der Waals surface area contributed by atoms with Crippen molar-refractivity contribution in [2.24, 2.45) is 0 Å². The van der Waals surface area contributed by atoms with Crippen LogP contribution in [0.3, 0.4) is 0 Å². The lowest BCUT2D eigenvalue weighted by Crippen LogP contribution is -2.41. The predicted octanol–water partition coefficient (Wildman–Crippen LogP) is 3.46. The van der Waals surface area contributed by atoms with Crippen LogP contribution in [0.1, 0.15) is 27.7 Å². The zero-order valence-corrected chi connectivity index (χ0v) is 16.7. The van der Waals surface area contributed by atoms with Gasteiger partial charge in [-0.05, 0) is 52.0 Å². The second kappa shape index (κ2) is 8.69. The number of ether oxygens (including phenoxy) is 1. The molecular weight excluding hydrogens is 356 g/mol. The largest absolute Gasteiger partial charge is 0.447 e. The van der Waals surface area contributed by atoms with Crippen molar-refractivity contribution < 1.29 is 9.53 Å². The molecule has 0 aliphatic carbocycles. The van der Waals surface area contributed by atoms with Gasteiger partial charge in [0.15, 0.2) is 5.65 Å². The summed E-state index contributed by atoms with van der Waals surface area (Å²) in [6.45, 7) is 8.71.